The number of nitrogens with two attached hydrogens (primary N) is 2. The van der Waals surface area contributed by atoms with Crippen molar-refractivity contribution in [3.05, 3.63) is 28.8 Å². The average molecular weight is 262 g/mol. The molecule has 0 saturated carbocycles. The van der Waals surface area contributed by atoms with E-state index in [9.17, 15) is 0 Å². The molecule has 0 heterocycles. The van der Waals surface area contributed by atoms with Crippen molar-refractivity contribution in [1.29, 1.82) is 0 Å². The predicted molar refractivity (Wildman–Crippen MR) is 79.8 cm³/mol. The van der Waals surface area contributed by atoms with Crippen molar-refractivity contribution in [1.82, 2.24) is 0 Å². The van der Waals surface area contributed by atoms with E-state index in [1.165, 1.54) is 0 Å². The summed E-state index contributed by atoms with van der Waals surface area (Å²) in [6.07, 6.45) is 1.65. The van der Waals surface area contributed by atoms with Crippen LogP contribution in [-0.2, 0) is 0 Å². The molecule has 0 fully saturated rings. The zero-order valence-corrected chi connectivity index (χ0v) is 12.0. The van der Waals surface area contributed by atoms with Crippen LogP contribution in [-0.4, -0.2) is 18.8 Å². The third-order valence-corrected chi connectivity index (χ3v) is 2.66. The first-order chi connectivity index (χ1) is 8.97. The largest absolute Gasteiger partial charge is 0.493 e. The van der Waals surface area contributed by atoms with Crippen molar-refractivity contribution in [2.24, 2.45) is 21.7 Å². The highest BCUT2D eigenvalue weighted by atomic mass is 16.5. The fourth-order valence-electron chi connectivity index (χ4n) is 1.93. The smallest absolute Gasteiger partial charge is 0.211 e. The van der Waals surface area contributed by atoms with Crippen LogP contribution in [0.15, 0.2) is 22.3 Å². The first kappa shape index (κ1) is 15.0. The number of nitrogens with zero attached hydrogens (tertiary/aromatic N) is 2. The summed E-state index contributed by atoms with van der Waals surface area (Å²) < 4.78 is 5.75. The van der Waals surface area contributed by atoms with Gasteiger partial charge in [-0.2, -0.15) is 5.10 Å². The Hall–Kier alpha value is -2.04. The zero-order chi connectivity index (χ0) is 14.4. The highest BCUT2D eigenvalue weighted by Crippen LogP contribution is 2.32. The molecule has 0 saturated heterocycles. The van der Waals surface area contributed by atoms with Crippen molar-refractivity contribution >= 4 is 12.2 Å². The van der Waals surface area contributed by atoms with Crippen LogP contribution in [0.4, 0.5) is 0 Å². The van der Waals surface area contributed by atoms with E-state index in [2.05, 4.69) is 24.1 Å². The van der Waals surface area contributed by atoms with Crippen LogP contribution < -0.4 is 16.2 Å². The maximum Gasteiger partial charge on any atom is 0.211 e. The SMILES string of the molecule is CCOc1c(C)ccc(/C=N/N=C(N)N)c1C(C)C. The topological polar surface area (TPSA) is 86.0 Å². The molecule has 0 spiro atoms. The molecule has 0 unspecified atom stereocenters. The Balaban J connectivity index is 3.28. The molecule has 0 radical (unpaired) electrons. The van der Waals surface area contributed by atoms with Gasteiger partial charge in [-0.25, -0.2) is 0 Å². The van der Waals surface area contributed by atoms with Gasteiger partial charge in [0.1, 0.15) is 5.75 Å². The lowest BCUT2D eigenvalue weighted by atomic mass is 9.94. The van der Waals surface area contributed by atoms with Crippen molar-refractivity contribution in [3.8, 4) is 5.75 Å². The third-order valence-electron chi connectivity index (χ3n) is 2.66. The Morgan fingerprint density at radius 3 is 2.58 bits per heavy atom. The second-order valence-corrected chi connectivity index (χ2v) is 4.57. The van der Waals surface area contributed by atoms with Crippen LogP contribution >= 0.6 is 0 Å². The molecule has 1 aromatic rings. The summed E-state index contributed by atoms with van der Waals surface area (Å²) >= 11 is 0. The Labute approximate surface area is 114 Å². The first-order valence-electron chi connectivity index (χ1n) is 6.35. The second kappa shape index (κ2) is 6.78. The third kappa shape index (κ3) is 3.98. The number of hydrogen-bond acceptors (Lipinski definition) is 3. The molecule has 0 amide bonds. The summed E-state index contributed by atoms with van der Waals surface area (Å²) in [5.74, 6) is 1.19. The van der Waals surface area contributed by atoms with Gasteiger partial charge in [0.2, 0.25) is 5.96 Å². The fraction of sp³-hybridized carbons (Fsp3) is 0.429. The van der Waals surface area contributed by atoms with Gasteiger partial charge in [-0.1, -0.05) is 26.0 Å². The first-order valence-corrected chi connectivity index (χ1v) is 6.35. The number of rotatable bonds is 5. The molecule has 1 aromatic carbocycles. The van der Waals surface area contributed by atoms with Crippen LogP contribution in [0.25, 0.3) is 0 Å². The van der Waals surface area contributed by atoms with Gasteiger partial charge in [-0.15, -0.1) is 5.10 Å². The van der Waals surface area contributed by atoms with Crippen LogP contribution in [0.1, 0.15) is 43.4 Å². The molecule has 0 aromatic heterocycles. The normalized spacial score (nSPS) is 11.0. The number of aryl methyl sites for hydroxylation is 1. The molecule has 0 bridgehead atoms. The lowest BCUT2D eigenvalue weighted by Gasteiger charge is -2.18. The molecule has 0 aliphatic rings. The van der Waals surface area contributed by atoms with E-state index in [-0.39, 0.29) is 5.96 Å². The molecule has 0 aliphatic heterocycles. The lowest BCUT2D eigenvalue weighted by Crippen LogP contribution is -2.21. The lowest BCUT2D eigenvalue weighted by molar-refractivity contribution is 0.332. The van der Waals surface area contributed by atoms with Crippen LogP contribution in [0.2, 0.25) is 0 Å². The minimum absolute atomic E-state index is 0.0560. The van der Waals surface area contributed by atoms with E-state index in [4.69, 9.17) is 16.2 Å². The number of ether oxygens (including phenoxy) is 1. The molecule has 19 heavy (non-hydrogen) atoms. The molecule has 5 heteroatoms. The maximum absolute atomic E-state index is 5.75. The minimum Gasteiger partial charge on any atom is -0.493 e. The van der Waals surface area contributed by atoms with Gasteiger partial charge in [0, 0.05) is 11.1 Å². The molecule has 4 N–H and O–H groups in total. The van der Waals surface area contributed by atoms with E-state index >= 15 is 0 Å². The van der Waals surface area contributed by atoms with E-state index in [0.717, 1.165) is 22.4 Å². The quantitative estimate of drug-likeness (QED) is 0.484. The van der Waals surface area contributed by atoms with Crippen LogP contribution in [0, 0.1) is 6.92 Å². The molecule has 104 valence electrons. The van der Waals surface area contributed by atoms with Gasteiger partial charge in [0.25, 0.3) is 0 Å². The molecular weight excluding hydrogens is 240 g/mol. The summed E-state index contributed by atoms with van der Waals surface area (Å²) in [6.45, 7) is 8.89. The molecule has 5 nitrogen and oxygen atoms in total. The summed E-state index contributed by atoms with van der Waals surface area (Å²) in [5.41, 5.74) is 13.7. The van der Waals surface area contributed by atoms with Gasteiger partial charge in [-0.05, 0) is 25.3 Å². The molecule has 0 aliphatic carbocycles. The second-order valence-electron chi connectivity index (χ2n) is 4.57. The summed E-state index contributed by atoms with van der Waals surface area (Å²) in [6, 6.07) is 4.01. The van der Waals surface area contributed by atoms with Gasteiger partial charge >= 0.3 is 0 Å². The Kier molecular flexibility index (Phi) is 5.36. The predicted octanol–water partition coefficient (Wildman–Crippen LogP) is 2.12. The van der Waals surface area contributed by atoms with E-state index in [1.54, 1.807) is 6.21 Å². The van der Waals surface area contributed by atoms with Crippen molar-refractivity contribution in [2.45, 2.75) is 33.6 Å². The standard InChI is InChI=1S/C14H22N4O/c1-5-19-13-10(4)6-7-11(12(13)9(2)3)8-17-18-14(15)16/h6-9H,5H2,1-4H3,(H4,15,16,18)/b17-8+. The summed E-state index contributed by atoms with van der Waals surface area (Å²) in [7, 11) is 0. The maximum atomic E-state index is 5.75. The minimum atomic E-state index is -0.0560. The van der Waals surface area contributed by atoms with Gasteiger partial charge in [0.15, 0.2) is 0 Å². The Morgan fingerprint density at radius 2 is 2.05 bits per heavy atom. The van der Waals surface area contributed by atoms with E-state index in [1.807, 2.05) is 26.0 Å². The molecule has 0 atom stereocenters. The van der Waals surface area contributed by atoms with Crippen molar-refractivity contribution < 1.29 is 4.74 Å². The summed E-state index contributed by atoms with van der Waals surface area (Å²) in [5, 5.41) is 7.49. The molecular formula is C14H22N4O. The monoisotopic (exact) mass is 262 g/mol. The number of hydrogen-bond donors (Lipinski definition) is 2. The number of guanidine groups is 1. The molecule has 1 rings (SSSR count). The van der Waals surface area contributed by atoms with Gasteiger partial charge in [-0.3, -0.25) is 0 Å². The van der Waals surface area contributed by atoms with E-state index < -0.39 is 0 Å². The van der Waals surface area contributed by atoms with Gasteiger partial charge in [0.05, 0.1) is 12.8 Å². The number of benzene rings is 1. The van der Waals surface area contributed by atoms with Crippen LogP contribution in [0.5, 0.6) is 5.75 Å². The Morgan fingerprint density at radius 1 is 1.37 bits per heavy atom. The van der Waals surface area contributed by atoms with Crippen molar-refractivity contribution in [2.75, 3.05) is 6.61 Å². The van der Waals surface area contributed by atoms with E-state index in [0.29, 0.717) is 12.5 Å². The highest BCUT2D eigenvalue weighted by molar-refractivity contribution is 5.84. The zero-order valence-electron chi connectivity index (χ0n) is 12.0. The Bertz CT molecular complexity index is 488. The summed E-state index contributed by atoms with van der Waals surface area (Å²) in [4.78, 5) is 0. The van der Waals surface area contributed by atoms with Crippen LogP contribution in [0.3, 0.4) is 0 Å². The highest BCUT2D eigenvalue weighted by Gasteiger charge is 2.14. The van der Waals surface area contributed by atoms with Crippen molar-refractivity contribution in [3.63, 3.8) is 0 Å². The fourth-order valence-corrected chi connectivity index (χ4v) is 1.93. The average Bonchev–Trinajstić information content (AvgIpc) is 2.32. The van der Waals surface area contributed by atoms with Gasteiger partial charge < -0.3 is 16.2 Å².